The number of nitrogens with zero attached hydrogens (tertiary/aromatic N) is 1. The van der Waals surface area contributed by atoms with Gasteiger partial charge in [0.25, 0.3) is 6.43 Å². The molecule has 1 aromatic heterocycles. The van der Waals surface area contributed by atoms with Gasteiger partial charge < -0.3 is 13.9 Å². The largest absolute Gasteiger partial charge is 0.460 e. The molecular weight excluding hydrogens is 248 g/mol. The third-order valence-corrected chi connectivity index (χ3v) is 2.35. The summed E-state index contributed by atoms with van der Waals surface area (Å²) in [6, 6.07) is 0. The van der Waals surface area contributed by atoms with Gasteiger partial charge in [-0.15, -0.1) is 0 Å². The van der Waals surface area contributed by atoms with E-state index in [2.05, 4.69) is 9.72 Å². The van der Waals surface area contributed by atoms with Crippen LogP contribution in [-0.4, -0.2) is 24.7 Å². The summed E-state index contributed by atoms with van der Waals surface area (Å²) in [6.45, 7) is 4.80. The number of hydrogen-bond acceptors (Lipinski definition) is 5. The van der Waals surface area contributed by atoms with Gasteiger partial charge in [-0.05, 0) is 20.8 Å². The zero-order valence-electron chi connectivity index (χ0n) is 10.6. The van der Waals surface area contributed by atoms with Crippen LogP contribution in [0.5, 0.6) is 0 Å². The topological polar surface area (TPSA) is 61.6 Å². The normalized spacial score (nSPS) is 11.9. The zero-order valence-corrected chi connectivity index (χ0v) is 10.6. The van der Waals surface area contributed by atoms with Gasteiger partial charge in [-0.3, -0.25) is 0 Å². The number of oxazole rings is 1. The third kappa shape index (κ3) is 2.84. The van der Waals surface area contributed by atoms with Crippen molar-refractivity contribution >= 4 is 5.97 Å². The second-order valence-corrected chi connectivity index (χ2v) is 3.97. The highest BCUT2D eigenvalue weighted by atomic mass is 19.3. The van der Waals surface area contributed by atoms with E-state index in [1.807, 2.05) is 0 Å². The van der Waals surface area contributed by atoms with Crippen LogP contribution in [-0.2, 0) is 15.1 Å². The molecule has 0 atom stereocenters. The van der Waals surface area contributed by atoms with E-state index in [4.69, 9.17) is 9.15 Å². The van der Waals surface area contributed by atoms with Gasteiger partial charge in [-0.25, -0.2) is 18.6 Å². The Labute approximate surface area is 103 Å². The molecule has 0 aliphatic rings. The lowest BCUT2D eigenvalue weighted by Crippen LogP contribution is -2.19. The number of rotatable bonds is 5. The monoisotopic (exact) mass is 263 g/mol. The number of carbonyl (C=O) groups excluding carboxylic acids is 1. The van der Waals surface area contributed by atoms with Crippen molar-refractivity contribution in [3.8, 4) is 0 Å². The van der Waals surface area contributed by atoms with E-state index >= 15 is 0 Å². The number of methoxy groups -OCH3 is 1. The summed E-state index contributed by atoms with van der Waals surface area (Å²) < 4.78 is 40.3. The van der Waals surface area contributed by atoms with Crippen molar-refractivity contribution in [2.45, 2.75) is 32.8 Å². The van der Waals surface area contributed by atoms with Crippen LogP contribution < -0.4 is 0 Å². The molecule has 0 saturated carbocycles. The third-order valence-electron chi connectivity index (χ3n) is 2.35. The zero-order chi connectivity index (χ0) is 13.9. The Morgan fingerprint density at radius 3 is 2.56 bits per heavy atom. The average molecular weight is 263 g/mol. The van der Waals surface area contributed by atoms with Crippen LogP contribution in [0.4, 0.5) is 8.78 Å². The summed E-state index contributed by atoms with van der Waals surface area (Å²) in [6.07, 6.45) is -2.92. The van der Waals surface area contributed by atoms with E-state index in [-0.39, 0.29) is 12.5 Å². The summed E-state index contributed by atoms with van der Waals surface area (Å²) in [5.74, 6) is -1.63. The number of hydrogen-bond donors (Lipinski definition) is 0. The van der Waals surface area contributed by atoms with Crippen molar-refractivity contribution in [1.82, 2.24) is 4.98 Å². The van der Waals surface area contributed by atoms with Crippen molar-refractivity contribution in [3.05, 3.63) is 17.3 Å². The second kappa shape index (κ2) is 5.43. The van der Waals surface area contributed by atoms with Gasteiger partial charge in [0.2, 0.25) is 11.7 Å². The van der Waals surface area contributed by atoms with E-state index in [0.717, 1.165) is 0 Å². The van der Waals surface area contributed by atoms with Gasteiger partial charge in [0.1, 0.15) is 5.60 Å². The first-order valence-corrected chi connectivity index (χ1v) is 5.35. The summed E-state index contributed by atoms with van der Waals surface area (Å²) in [5.41, 5.74) is -1.73. The molecule has 0 aliphatic carbocycles. The molecule has 0 bridgehead atoms. The van der Waals surface area contributed by atoms with Crippen molar-refractivity contribution in [2.24, 2.45) is 0 Å². The Hall–Kier alpha value is -1.50. The molecule has 0 unspecified atom stereocenters. The van der Waals surface area contributed by atoms with E-state index in [1.165, 1.54) is 7.11 Å². The summed E-state index contributed by atoms with van der Waals surface area (Å²) in [4.78, 5) is 15.1. The molecule has 1 heterocycles. The average Bonchev–Trinajstić information content (AvgIpc) is 2.75. The number of halogens is 2. The number of aromatic nitrogens is 1. The molecule has 0 radical (unpaired) electrons. The molecule has 0 spiro atoms. The molecule has 1 aromatic rings. The molecule has 0 saturated heterocycles. The first kappa shape index (κ1) is 14.6. The lowest BCUT2D eigenvalue weighted by atomic mass is 10.1. The second-order valence-electron chi connectivity index (χ2n) is 3.97. The van der Waals surface area contributed by atoms with Gasteiger partial charge in [0.15, 0.2) is 5.69 Å². The highest BCUT2D eigenvalue weighted by Gasteiger charge is 2.33. The summed E-state index contributed by atoms with van der Waals surface area (Å²) in [7, 11) is 1.39. The minimum atomic E-state index is -2.92. The van der Waals surface area contributed by atoms with Gasteiger partial charge in [-0.2, -0.15) is 0 Å². The SMILES string of the molecule is CCOC(=O)c1oc(C(C)(C)OC)nc1C(F)F. The Morgan fingerprint density at radius 1 is 1.50 bits per heavy atom. The summed E-state index contributed by atoms with van der Waals surface area (Å²) in [5, 5.41) is 0. The van der Waals surface area contributed by atoms with Crippen LogP contribution in [0, 0.1) is 0 Å². The number of ether oxygens (including phenoxy) is 2. The van der Waals surface area contributed by atoms with Gasteiger partial charge in [0.05, 0.1) is 6.61 Å². The minimum Gasteiger partial charge on any atom is -0.460 e. The van der Waals surface area contributed by atoms with E-state index in [9.17, 15) is 13.6 Å². The maximum absolute atomic E-state index is 12.8. The maximum atomic E-state index is 12.8. The molecule has 0 N–H and O–H groups in total. The highest BCUT2D eigenvalue weighted by molar-refractivity contribution is 5.87. The fraction of sp³-hybridized carbons (Fsp3) is 0.636. The Morgan fingerprint density at radius 2 is 2.11 bits per heavy atom. The number of carbonyl (C=O) groups is 1. The van der Waals surface area contributed by atoms with E-state index in [1.54, 1.807) is 20.8 Å². The van der Waals surface area contributed by atoms with Crippen LogP contribution in [0.3, 0.4) is 0 Å². The summed E-state index contributed by atoms with van der Waals surface area (Å²) >= 11 is 0. The molecule has 5 nitrogen and oxygen atoms in total. The lowest BCUT2D eigenvalue weighted by Gasteiger charge is -2.17. The van der Waals surface area contributed by atoms with E-state index in [0.29, 0.717) is 0 Å². The predicted octanol–water partition coefficient (Wildman–Crippen LogP) is 2.67. The molecule has 0 amide bonds. The standard InChI is InChI=1S/C11H15F2NO4/c1-5-17-9(15)7-6(8(12)13)14-10(18-7)11(2,3)16-4/h8H,5H2,1-4H3. The molecule has 0 aromatic carbocycles. The quantitative estimate of drug-likeness (QED) is 0.764. The van der Waals surface area contributed by atoms with Gasteiger partial charge in [0, 0.05) is 7.11 Å². The first-order chi connectivity index (χ1) is 8.33. The van der Waals surface area contributed by atoms with Crippen LogP contribution >= 0.6 is 0 Å². The minimum absolute atomic E-state index is 0.0607. The van der Waals surface area contributed by atoms with Crippen molar-refractivity contribution in [2.75, 3.05) is 13.7 Å². The van der Waals surface area contributed by atoms with E-state index < -0.39 is 29.4 Å². The Bertz CT molecular complexity index is 429. The Kier molecular flexibility index (Phi) is 4.39. The molecule has 0 fully saturated rings. The number of alkyl halides is 2. The van der Waals surface area contributed by atoms with Crippen molar-refractivity contribution in [3.63, 3.8) is 0 Å². The predicted molar refractivity (Wildman–Crippen MR) is 57.5 cm³/mol. The maximum Gasteiger partial charge on any atom is 0.376 e. The van der Waals surface area contributed by atoms with Crippen LogP contribution in [0.2, 0.25) is 0 Å². The molecule has 1 rings (SSSR count). The fourth-order valence-electron chi connectivity index (χ4n) is 1.17. The molecular formula is C11H15F2NO4. The number of esters is 1. The van der Waals surface area contributed by atoms with Crippen LogP contribution in [0.15, 0.2) is 4.42 Å². The Balaban J connectivity index is 3.21. The van der Waals surface area contributed by atoms with Crippen LogP contribution in [0.25, 0.3) is 0 Å². The molecule has 0 aliphatic heterocycles. The first-order valence-electron chi connectivity index (χ1n) is 5.35. The molecule has 7 heteroatoms. The molecule has 102 valence electrons. The highest BCUT2D eigenvalue weighted by Crippen LogP contribution is 2.30. The smallest absolute Gasteiger partial charge is 0.376 e. The van der Waals surface area contributed by atoms with Crippen LogP contribution in [0.1, 0.15) is 49.3 Å². The van der Waals surface area contributed by atoms with Gasteiger partial charge in [-0.1, -0.05) is 0 Å². The van der Waals surface area contributed by atoms with Gasteiger partial charge >= 0.3 is 5.97 Å². The van der Waals surface area contributed by atoms with Crippen molar-refractivity contribution < 1.29 is 27.5 Å². The molecule has 18 heavy (non-hydrogen) atoms. The lowest BCUT2D eigenvalue weighted by molar-refractivity contribution is -0.00516. The fourth-order valence-corrected chi connectivity index (χ4v) is 1.17. The van der Waals surface area contributed by atoms with Crippen molar-refractivity contribution in [1.29, 1.82) is 0 Å².